The summed E-state index contributed by atoms with van der Waals surface area (Å²) in [5, 5.41) is 7.88. The van der Waals surface area contributed by atoms with Gasteiger partial charge in [0.2, 0.25) is 11.8 Å². The Hall–Kier alpha value is -2.80. The molecule has 142 valence electrons. The van der Waals surface area contributed by atoms with E-state index in [0.717, 1.165) is 16.1 Å². The predicted molar refractivity (Wildman–Crippen MR) is 109 cm³/mol. The van der Waals surface area contributed by atoms with Crippen molar-refractivity contribution in [1.29, 1.82) is 0 Å². The molecule has 0 aromatic heterocycles. The second-order valence-electron chi connectivity index (χ2n) is 6.06. The predicted octanol–water partition coefficient (Wildman–Crippen LogP) is 3.43. The average molecular weight is 385 g/mol. The van der Waals surface area contributed by atoms with Crippen molar-refractivity contribution in [1.82, 2.24) is 5.32 Å². The fraction of sp³-hybridized carbons (Fsp3) is 0.250. The van der Waals surface area contributed by atoms with Crippen molar-refractivity contribution in [2.45, 2.75) is 30.9 Å². The first-order valence-corrected chi connectivity index (χ1v) is 9.36. The van der Waals surface area contributed by atoms with Crippen LogP contribution in [0.4, 0.5) is 11.4 Å². The van der Waals surface area contributed by atoms with Crippen molar-refractivity contribution < 1.29 is 14.4 Å². The largest absolute Gasteiger partial charge is 0.355 e. The molecule has 1 unspecified atom stereocenters. The molecule has 3 N–H and O–H groups in total. The van der Waals surface area contributed by atoms with Crippen LogP contribution in [0.3, 0.4) is 0 Å². The average Bonchev–Trinajstić information content (AvgIpc) is 2.63. The summed E-state index contributed by atoms with van der Waals surface area (Å²) in [5.74, 6) is -0.412. The van der Waals surface area contributed by atoms with Gasteiger partial charge >= 0.3 is 0 Å². The van der Waals surface area contributed by atoms with Gasteiger partial charge in [0, 0.05) is 35.8 Å². The highest BCUT2D eigenvalue weighted by Gasteiger charge is 2.16. The number of aryl methyl sites for hydroxylation is 1. The molecule has 0 saturated carbocycles. The second kappa shape index (κ2) is 9.23. The summed E-state index contributed by atoms with van der Waals surface area (Å²) in [6, 6.07) is 12.5. The number of hydrogen-bond donors (Lipinski definition) is 3. The first-order chi connectivity index (χ1) is 12.8. The number of carbonyl (C=O) groups excluding carboxylic acids is 3. The zero-order valence-electron chi connectivity index (χ0n) is 15.8. The number of hydrogen-bond acceptors (Lipinski definition) is 4. The molecule has 0 aliphatic rings. The highest BCUT2D eigenvalue weighted by Crippen LogP contribution is 2.26. The molecule has 6 nitrogen and oxygen atoms in total. The van der Waals surface area contributed by atoms with Crippen LogP contribution in [0.1, 0.15) is 29.8 Å². The van der Waals surface area contributed by atoms with Crippen LogP contribution in [0.25, 0.3) is 0 Å². The number of rotatable bonds is 6. The maximum absolute atomic E-state index is 12.5. The zero-order chi connectivity index (χ0) is 20.0. The third-order valence-electron chi connectivity index (χ3n) is 3.83. The summed E-state index contributed by atoms with van der Waals surface area (Å²) in [6.07, 6.45) is 0. The summed E-state index contributed by atoms with van der Waals surface area (Å²) in [6.45, 7) is 5.13. The molecule has 0 bridgehead atoms. The molecule has 3 amide bonds. The van der Waals surface area contributed by atoms with Gasteiger partial charge in [0.15, 0.2) is 0 Å². The molecule has 0 aliphatic heterocycles. The van der Waals surface area contributed by atoms with E-state index in [-0.39, 0.29) is 23.0 Å². The van der Waals surface area contributed by atoms with Gasteiger partial charge in [-0.15, -0.1) is 11.8 Å². The minimum atomic E-state index is -0.311. The van der Waals surface area contributed by atoms with E-state index >= 15 is 0 Å². The summed E-state index contributed by atoms with van der Waals surface area (Å²) < 4.78 is 0. The van der Waals surface area contributed by atoms with E-state index in [1.807, 2.05) is 26.0 Å². The van der Waals surface area contributed by atoms with Gasteiger partial charge in [-0.05, 0) is 61.9 Å². The molecular formula is C20H23N3O3S. The molecule has 7 heteroatoms. The van der Waals surface area contributed by atoms with E-state index in [1.54, 1.807) is 37.4 Å². The summed E-state index contributed by atoms with van der Waals surface area (Å²) in [5.41, 5.74) is 2.77. The third-order valence-corrected chi connectivity index (χ3v) is 4.94. The molecule has 0 saturated heterocycles. The van der Waals surface area contributed by atoms with Crippen molar-refractivity contribution in [3.63, 3.8) is 0 Å². The minimum absolute atomic E-state index is 0.123. The topological polar surface area (TPSA) is 87.3 Å². The quantitative estimate of drug-likeness (QED) is 0.665. The Morgan fingerprint density at radius 2 is 1.67 bits per heavy atom. The summed E-state index contributed by atoms with van der Waals surface area (Å²) >= 11 is 1.43. The van der Waals surface area contributed by atoms with Gasteiger partial charge in [0.05, 0.1) is 5.25 Å². The number of amides is 3. The Balaban J connectivity index is 1.99. The standard InChI is InChI=1S/C20H23N3O3S/c1-12-11-15(20(26)21-4)5-10-18(12)23-19(25)13(2)27-17-8-6-16(7-9-17)22-14(3)24/h5-11,13H,1-4H3,(H,21,26)(H,22,24)(H,23,25). The van der Waals surface area contributed by atoms with Crippen LogP contribution in [0.15, 0.2) is 47.4 Å². The Kier molecular flexibility index (Phi) is 7.01. The van der Waals surface area contributed by atoms with E-state index in [2.05, 4.69) is 16.0 Å². The number of benzene rings is 2. The van der Waals surface area contributed by atoms with E-state index in [9.17, 15) is 14.4 Å². The van der Waals surface area contributed by atoms with Crippen molar-refractivity contribution in [2.75, 3.05) is 17.7 Å². The van der Waals surface area contributed by atoms with Gasteiger partial charge in [0.25, 0.3) is 5.91 Å². The van der Waals surface area contributed by atoms with Crippen LogP contribution in [-0.2, 0) is 9.59 Å². The molecule has 2 aromatic rings. The molecule has 0 heterocycles. The molecule has 0 radical (unpaired) electrons. The lowest BCUT2D eigenvalue weighted by molar-refractivity contribution is -0.115. The molecular weight excluding hydrogens is 362 g/mol. The van der Waals surface area contributed by atoms with Gasteiger partial charge in [-0.3, -0.25) is 14.4 Å². The molecule has 0 aliphatic carbocycles. The lowest BCUT2D eigenvalue weighted by Crippen LogP contribution is -2.23. The lowest BCUT2D eigenvalue weighted by Gasteiger charge is -2.14. The number of nitrogens with one attached hydrogen (secondary N) is 3. The smallest absolute Gasteiger partial charge is 0.251 e. The Morgan fingerprint density at radius 1 is 1.00 bits per heavy atom. The highest BCUT2D eigenvalue weighted by molar-refractivity contribution is 8.00. The maximum atomic E-state index is 12.5. The first-order valence-electron chi connectivity index (χ1n) is 8.48. The Bertz CT molecular complexity index is 850. The molecule has 27 heavy (non-hydrogen) atoms. The van der Waals surface area contributed by atoms with Gasteiger partial charge in [0.1, 0.15) is 0 Å². The number of anilines is 2. The van der Waals surface area contributed by atoms with Crippen LogP contribution in [-0.4, -0.2) is 30.0 Å². The van der Waals surface area contributed by atoms with Crippen LogP contribution < -0.4 is 16.0 Å². The molecule has 0 fully saturated rings. The highest BCUT2D eigenvalue weighted by atomic mass is 32.2. The summed E-state index contributed by atoms with van der Waals surface area (Å²) in [7, 11) is 1.58. The van der Waals surface area contributed by atoms with Crippen molar-refractivity contribution in [3.8, 4) is 0 Å². The van der Waals surface area contributed by atoms with Crippen molar-refractivity contribution in [2.24, 2.45) is 0 Å². The fourth-order valence-electron chi connectivity index (χ4n) is 2.40. The van der Waals surface area contributed by atoms with Gasteiger partial charge in [-0.2, -0.15) is 0 Å². The first kappa shape index (κ1) is 20.5. The van der Waals surface area contributed by atoms with Gasteiger partial charge in [-0.1, -0.05) is 0 Å². The SMILES string of the molecule is CNC(=O)c1ccc(NC(=O)C(C)Sc2ccc(NC(C)=O)cc2)c(C)c1. The van der Waals surface area contributed by atoms with Crippen LogP contribution >= 0.6 is 11.8 Å². The van der Waals surface area contributed by atoms with E-state index in [0.29, 0.717) is 11.3 Å². The number of carbonyl (C=O) groups is 3. The monoisotopic (exact) mass is 385 g/mol. The van der Waals surface area contributed by atoms with Gasteiger partial charge in [-0.25, -0.2) is 0 Å². The lowest BCUT2D eigenvalue weighted by atomic mass is 10.1. The van der Waals surface area contributed by atoms with E-state index in [1.165, 1.54) is 18.7 Å². The fourth-order valence-corrected chi connectivity index (χ4v) is 3.27. The zero-order valence-corrected chi connectivity index (χ0v) is 16.6. The van der Waals surface area contributed by atoms with Crippen LogP contribution in [0.5, 0.6) is 0 Å². The van der Waals surface area contributed by atoms with Crippen molar-refractivity contribution in [3.05, 3.63) is 53.6 Å². The molecule has 0 spiro atoms. The maximum Gasteiger partial charge on any atom is 0.251 e. The minimum Gasteiger partial charge on any atom is -0.355 e. The number of thioether (sulfide) groups is 1. The third kappa shape index (κ3) is 5.86. The van der Waals surface area contributed by atoms with Crippen molar-refractivity contribution >= 4 is 40.9 Å². The molecule has 2 aromatic carbocycles. The Labute approximate surface area is 163 Å². The Morgan fingerprint density at radius 3 is 2.22 bits per heavy atom. The second-order valence-corrected chi connectivity index (χ2v) is 7.48. The normalized spacial score (nSPS) is 11.4. The van der Waals surface area contributed by atoms with E-state index in [4.69, 9.17) is 0 Å². The van der Waals surface area contributed by atoms with Crippen LogP contribution in [0.2, 0.25) is 0 Å². The van der Waals surface area contributed by atoms with Gasteiger partial charge < -0.3 is 16.0 Å². The van der Waals surface area contributed by atoms with E-state index < -0.39 is 0 Å². The molecule has 1 atom stereocenters. The molecule has 2 rings (SSSR count). The summed E-state index contributed by atoms with van der Waals surface area (Å²) in [4.78, 5) is 36.1. The van der Waals surface area contributed by atoms with Crippen LogP contribution in [0, 0.1) is 6.92 Å².